The van der Waals surface area contributed by atoms with E-state index in [0.717, 1.165) is 24.0 Å². The maximum atomic E-state index is 12.7. The van der Waals surface area contributed by atoms with E-state index in [4.69, 9.17) is 9.47 Å². The Labute approximate surface area is 200 Å². The van der Waals surface area contributed by atoms with Crippen molar-refractivity contribution < 1.29 is 27.5 Å². The Kier molecular flexibility index (Phi) is 7.35. The Morgan fingerprint density at radius 1 is 1.03 bits per heavy atom. The summed E-state index contributed by atoms with van der Waals surface area (Å²) >= 11 is 0. The number of benzene rings is 2. The van der Waals surface area contributed by atoms with E-state index in [2.05, 4.69) is 5.32 Å². The van der Waals surface area contributed by atoms with Crippen molar-refractivity contribution in [2.45, 2.75) is 42.9 Å². The van der Waals surface area contributed by atoms with Gasteiger partial charge in [-0.05, 0) is 61.6 Å². The maximum absolute atomic E-state index is 12.7. The highest BCUT2D eigenvalue weighted by atomic mass is 32.2. The van der Waals surface area contributed by atoms with Gasteiger partial charge in [-0.25, -0.2) is 8.42 Å². The van der Waals surface area contributed by atoms with E-state index in [9.17, 15) is 18.0 Å². The van der Waals surface area contributed by atoms with E-state index in [1.165, 1.54) is 4.31 Å². The lowest BCUT2D eigenvalue weighted by atomic mass is 9.96. The van der Waals surface area contributed by atoms with Crippen molar-refractivity contribution in [2.75, 3.05) is 38.2 Å². The molecule has 1 aliphatic heterocycles. The molecule has 1 heterocycles. The van der Waals surface area contributed by atoms with Crippen LogP contribution in [0.5, 0.6) is 0 Å². The summed E-state index contributed by atoms with van der Waals surface area (Å²) in [6, 6.07) is 14.0. The number of nitrogens with one attached hydrogen (secondary N) is 1. The van der Waals surface area contributed by atoms with Crippen LogP contribution >= 0.6 is 0 Å². The van der Waals surface area contributed by atoms with Crippen LogP contribution in [0, 0.1) is 0 Å². The number of ether oxygens (including phenoxy) is 2. The number of nitrogens with zero attached hydrogens (tertiary/aromatic N) is 1. The number of hydrogen-bond donors (Lipinski definition) is 1. The van der Waals surface area contributed by atoms with Crippen molar-refractivity contribution in [1.82, 2.24) is 4.31 Å². The SMILES string of the molecule is CCOC(=O)C1(c2ccc(NC(=O)CCc3ccc(S(=O)(=O)N4CCOCC4)cc3)cc2)CC1. The van der Waals surface area contributed by atoms with E-state index in [1.807, 2.05) is 12.1 Å². The second-order valence-corrected chi connectivity index (χ2v) is 10.5. The third-order valence-corrected chi connectivity index (χ3v) is 8.22. The molecule has 0 atom stereocenters. The smallest absolute Gasteiger partial charge is 0.316 e. The maximum Gasteiger partial charge on any atom is 0.316 e. The molecule has 0 bridgehead atoms. The van der Waals surface area contributed by atoms with E-state index in [-0.39, 0.29) is 23.2 Å². The van der Waals surface area contributed by atoms with Crippen LogP contribution in [0.25, 0.3) is 0 Å². The van der Waals surface area contributed by atoms with Gasteiger partial charge in [0.1, 0.15) is 0 Å². The lowest BCUT2D eigenvalue weighted by molar-refractivity contribution is -0.146. The molecule has 1 amide bonds. The van der Waals surface area contributed by atoms with E-state index in [1.54, 1.807) is 43.3 Å². The third kappa shape index (κ3) is 5.32. The molecule has 1 N–H and O–H groups in total. The van der Waals surface area contributed by atoms with Crippen LogP contribution in [-0.4, -0.2) is 57.5 Å². The van der Waals surface area contributed by atoms with Crippen LogP contribution in [-0.2, 0) is 40.9 Å². The molecule has 4 rings (SSSR count). The summed E-state index contributed by atoms with van der Waals surface area (Å²) in [7, 11) is -3.52. The number of morpholine rings is 1. The zero-order valence-corrected chi connectivity index (χ0v) is 20.1. The van der Waals surface area contributed by atoms with Gasteiger partial charge in [0.15, 0.2) is 0 Å². The van der Waals surface area contributed by atoms with E-state index < -0.39 is 15.4 Å². The summed E-state index contributed by atoms with van der Waals surface area (Å²) in [6.45, 7) is 3.68. The van der Waals surface area contributed by atoms with Crippen molar-refractivity contribution in [3.63, 3.8) is 0 Å². The van der Waals surface area contributed by atoms with Gasteiger partial charge in [-0.3, -0.25) is 9.59 Å². The Balaban J connectivity index is 1.29. The summed E-state index contributed by atoms with van der Waals surface area (Å²) in [5.41, 5.74) is 1.94. The first-order chi connectivity index (χ1) is 16.3. The zero-order chi connectivity index (χ0) is 24.2. The van der Waals surface area contributed by atoms with Crippen LogP contribution in [0.1, 0.15) is 37.3 Å². The van der Waals surface area contributed by atoms with Crippen LogP contribution in [0.3, 0.4) is 0 Å². The fourth-order valence-electron chi connectivity index (χ4n) is 4.12. The molecule has 1 saturated carbocycles. The molecule has 0 aromatic heterocycles. The lowest BCUT2D eigenvalue weighted by Crippen LogP contribution is -2.40. The standard InChI is InChI=1S/C25H30N2O6S/c1-2-33-24(29)25(13-14-25)20-6-8-21(9-7-20)26-23(28)12-5-19-3-10-22(11-4-19)34(30,31)27-15-17-32-18-16-27/h3-4,6-11H,2,5,12-18H2,1H3,(H,26,28). The number of aryl methyl sites for hydroxylation is 1. The molecule has 182 valence electrons. The zero-order valence-electron chi connectivity index (χ0n) is 19.3. The summed E-state index contributed by atoms with van der Waals surface area (Å²) < 4.78 is 37.3. The van der Waals surface area contributed by atoms with Crippen LogP contribution in [0.2, 0.25) is 0 Å². The van der Waals surface area contributed by atoms with E-state index in [0.29, 0.717) is 45.0 Å². The molecule has 2 aromatic carbocycles. The second kappa shape index (κ2) is 10.2. The number of anilines is 1. The number of carbonyl (C=O) groups is 2. The monoisotopic (exact) mass is 486 g/mol. The third-order valence-electron chi connectivity index (χ3n) is 6.31. The normalized spacial score (nSPS) is 17.7. The van der Waals surface area contributed by atoms with Crippen molar-refractivity contribution in [2.24, 2.45) is 0 Å². The topological polar surface area (TPSA) is 102 Å². The molecule has 1 saturated heterocycles. The molecule has 8 nitrogen and oxygen atoms in total. The highest BCUT2D eigenvalue weighted by Gasteiger charge is 2.52. The quantitative estimate of drug-likeness (QED) is 0.547. The number of rotatable bonds is 9. The van der Waals surface area contributed by atoms with E-state index >= 15 is 0 Å². The van der Waals surface area contributed by atoms with Crippen molar-refractivity contribution >= 4 is 27.6 Å². The fraction of sp³-hybridized carbons (Fsp3) is 0.440. The minimum Gasteiger partial charge on any atom is -0.465 e. The minimum absolute atomic E-state index is 0.135. The minimum atomic E-state index is -3.52. The van der Waals surface area contributed by atoms with Gasteiger partial charge >= 0.3 is 5.97 Å². The van der Waals surface area contributed by atoms with Crippen molar-refractivity contribution in [1.29, 1.82) is 0 Å². The largest absolute Gasteiger partial charge is 0.465 e. The Bertz CT molecular complexity index is 1120. The number of carbonyl (C=O) groups excluding carboxylic acids is 2. The Morgan fingerprint density at radius 3 is 2.26 bits per heavy atom. The Morgan fingerprint density at radius 2 is 1.68 bits per heavy atom. The van der Waals surface area contributed by atoms with Gasteiger partial charge in [-0.1, -0.05) is 24.3 Å². The fourth-order valence-corrected chi connectivity index (χ4v) is 5.53. The molecular weight excluding hydrogens is 456 g/mol. The molecule has 1 aliphatic carbocycles. The molecule has 2 aliphatic rings. The van der Waals surface area contributed by atoms with Crippen molar-refractivity contribution in [3.05, 3.63) is 59.7 Å². The summed E-state index contributed by atoms with van der Waals surface area (Å²) in [4.78, 5) is 24.9. The van der Waals surface area contributed by atoms with Crippen molar-refractivity contribution in [3.8, 4) is 0 Å². The predicted octanol–water partition coefficient (Wildman–Crippen LogP) is 2.87. The molecule has 2 fully saturated rings. The van der Waals surface area contributed by atoms with Gasteiger partial charge in [0, 0.05) is 25.2 Å². The van der Waals surface area contributed by atoms with Gasteiger partial charge in [-0.2, -0.15) is 4.31 Å². The number of sulfonamides is 1. The van der Waals surface area contributed by atoms with Gasteiger partial charge in [0.25, 0.3) is 0 Å². The first-order valence-electron chi connectivity index (χ1n) is 11.6. The van der Waals surface area contributed by atoms with Gasteiger partial charge < -0.3 is 14.8 Å². The molecule has 0 spiro atoms. The summed E-state index contributed by atoms with van der Waals surface area (Å²) in [5.74, 6) is -0.320. The average molecular weight is 487 g/mol. The summed E-state index contributed by atoms with van der Waals surface area (Å²) in [5, 5.41) is 2.87. The molecular formula is C25H30N2O6S. The van der Waals surface area contributed by atoms with Crippen LogP contribution in [0.4, 0.5) is 5.69 Å². The molecule has 0 radical (unpaired) electrons. The Hall–Kier alpha value is -2.75. The predicted molar refractivity (Wildman–Crippen MR) is 127 cm³/mol. The van der Waals surface area contributed by atoms with Crippen LogP contribution < -0.4 is 5.32 Å². The molecule has 0 unspecified atom stereocenters. The highest BCUT2D eigenvalue weighted by molar-refractivity contribution is 7.89. The number of amides is 1. The van der Waals surface area contributed by atoms with Gasteiger partial charge in [0.05, 0.1) is 30.1 Å². The molecule has 9 heteroatoms. The second-order valence-electron chi connectivity index (χ2n) is 8.59. The van der Waals surface area contributed by atoms with Crippen LogP contribution in [0.15, 0.2) is 53.4 Å². The molecule has 34 heavy (non-hydrogen) atoms. The highest BCUT2D eigenvalue weighted by Crippen LogP contribution is 2.49. The lowest BCUT2D eigenvalue weighted by Gasteiger charge is -2.26. The van der Waals surface area contributed by atoms with Gasteiger partial charge in [-0.15, -0.1) is 0 Å². The first-order valence-corrected chi connectivity index (χ1v) is 13.0. The first kappa shape index (κ1) is 24.4. The average Bonchev–Trinajstić information content (AvgIpc) is 3.66. The number of hydrogen-bond acceptors (Lipinski definition) is 6. The van der Waals surface area contributed by atoms with Gasteiger partial charge in [0.2, 0.25) is 15.9 Å². The molecule has 2 aromatic rings. The summed E-state index contributed by atoms with van der Waals surface area (Å²) in [6.07, 6.45) is 2.33. The number of esters is 1.